The minimum absolute atomic E-state index is 0.0835. The lowest BCUT2D eigenvalue weighted by Gasteiger charge is -2.25. The van der Waals surface area contributed by atoms with E-state index in [2.05, 4.69) is 5.32 Å². The molecule has 24 heavy (non-hydrogen) atoms. The molecule has 0 spiro atoms. The smallest absolute Gasteiger partial charge is 0.267 e. The quantitative estimate of drug-likeness (QED) is 0.506. The summed E-state index contributed by atoms with van der Waals surface area (Å²) in [6.07, 6.45) is 7.27. The molecule has 7 heteroatoms. The minimum atomic E-state index is -0.213. The van der Waals surface area contributed by atoms with Crippen molar-refractivity contribution in [1.82, 2.24) is 10.2 Å². The molecule has 0 aromatic carbocycles. The highest BCUT2D eigenvalue weighted by molar-refractivity contribution is 8.04. The molecule has 6 nitrogen and oxygen atoms in total. The number of carbonyl (C=O) groups excluding carboxylic acids is 3. The van der Waals surface area contributed by atoms with Gasteiger partial charge in [0.2, 0.25) is 5.91 Å². The lowest BCUT2D eigenvalue weighted by Crippen LogP contribution is -2.36. The molecule has 1 saturated carbocycles. The summed E-state index contributed by atoms with van der Waals surface area (Å²) in [7, 11) is 0. The van der Waals surface area contributed by atoms with Gasteiger partial charge in [-0.05, 0) is 18.8 Å². The van der Waals surface area contributed by atoms with E-state index in [0.717, 1.165) is 12.8 Å². The number of nitrogens with one attached hydrogen (secondary N) is 1. The van der Waals surface area contributed by atoms with Crippen LogP contribution in [0.25, 0.3) is 0 Å². The van der Waals surface area contributed by atoms with Crippen LogP contribution in [0.3, 0.4) is 0 Å². The van der Waals surface area contributed by atoms with Crippen LogP contribution in [0.4, 0.5) is 0 Å². The third-order valence-corrected chi connectivity index (χ3v) is 5.61. The van der Waals surface area contributed by atoms with Crippen LogP contribution in [0.5, 0.6) is 0 Å². The van der Waals surface area contributed by atoms with Gasteiger partial charge in [0.1, 0.15) is 0 Å². The zero-order valence-corrected chi connectivity index (χ0v) is 15.1. The number of rotatable bonds is 8. The summed E-state index contributed by atoms with van der Waals surface area (Å²) >= 11 is 1.33. The fraction of sp³-hybridized carbons (Fsp3) is 0.706. The zero-order valence-electron chi connectivity index (χ0n) is 14.3. The fourth-order valence-electron chi connectivity index (χ4n) is 3.01. The van der Waals surface area contributed by atoms with Crippen LogP contribution in [0, 0.1) is 11.8 Å². The third kappa shape index (κ3) is 5.08. The van der Waals surface area contributed by atoms with E-state index in [4.69, 9.17) is 5.73 Å². The van der Waals surface area contributed by atoms with Gasteiger partial charge in [-0.1, -0.05) is 26.2 Å². The second-order valence-electron chi connectivity index (χ2n) is 6.54. The normalized spacial score (nSPS) is 20.2. The molecule has 0 aromatic rings. The summed E-state index contributed by atoms with van der Waals surface area (Å²) in [6, 6.07) is 0. The Kier molecular flexibility index (Phi) is 7.30. The summed E-state index contributed by atoms with van der Waals surface area (Å²) < 4.78 is 0. The Bertz CT molecular complexity index is 515. The van der Waals surface area contributed by atoms with Crippen LogP contribution in [0.1, 0.15) is 39.0 Å². The summed E-state index contributed by atoms with van der Waals surface area (Å²) in [4.78, 5) is 37.9. The molecule has 134 valence electrons. The van der Waals surface area contributed by atoms with Crippen LogP contribution in [0.2, 0.25) is 0 Å². The average Bonchev–Trinajstić information content (AvgIpc) is 2.86. The van der Waals surface area contributed by atoms with E-state index >= 15 is 0 Å². The summed E-state index contributed by atoms with van der Waals surface area (Å²) in [5.41, 5.74) is 5.44. The van der Waals surface area contributed by atoms with Gasteiger partial charge >= 0.3 is 0 Å². The van der Waals surface area contributed by atoms with Gasteiger partial charge in [-0.3, -0.25) is 19.3 Å². The Morgan fingerprint density at radius 2 is 2.08 bits per heavy atom. The first-order valence-electron chi connectivity index (χ1n) is 8.71. The van der Waals surface area contributed by atoms with Gasteiger partial charge in [-0.25, -0.2) is 0 Å². The Morgan fingerprint density at radius 1 is 1.38 bits per heavy atom. The van der Waals surface area contributed by atoms with E-state index in [1.807, 2.05) is 0 Å². The van der Waals surface area contributed by atoms with E-state index in [-0.39, 0.29) is 23.6 Å². The van der Waals surface area contributed by atoms with Crippen molar-refractivity contribution in [1.29, 1.82) is 0 Å². The van der Waals surface area contributed by atoms with Gasteiger partial charge in [0.05, 0.1) is 4.91 Å². The third-order valence-electron chi connectivity index (χ3n) is 4.60. The number of amides is 3. The predicted octanol–water partition coefficient (Wildman–Crippen LogP) is 1.26. The van der Waals surface area contributed by atoms with E-state index in [1.165, 1.54) is 42.0 Å². The minimum Gasteiger partial charge on any atom is -0.355 e. The summed E-state index contributed by atoms with van der Waals surface area (Å²) in [5, 5.41) is 2.78. The lowest BCUT2D eigenvalue weighted by molar-refractivity contribution is -0.137. The molecule has 0 bridgehead atoms. The van der Waals surface area contributed by atoms with Crippen LogP contribution in [0.15, 0.2) is 11.0 Å². The predicted molar refractivity (Wildman–Crippen MR) is 95.1 cm³/mol. The molecule has 3 amide bonds. The molecule has 1 fully saturated rings. The molecule has 1 atom stereocenters. The zero-order chi connectivity index (χ0) is 17.5. The van der Waals surface area contributed by atoms with Gasteiger partial charge in [-0.15, -0.1) is 11.8 Å². The van der Waals surface area contributed by atoms with Crippen molar-refractivity contribution >= 4 is 29.5 Å². The molecule has 1 heterocycles. The number of nitrogens with zero attached hydrogens (tertiary/aromatic N) is 1. The maximum absolute atomic E-state index is 12.4. The fourth-order valence-corrected chi connectivity index (χ4v) is 3.85. The molecule has 2 rings (SSSR count). The van der Waals surface area contributed by atoms with Crippen LogP contribution in [-0.4, -0.2) is 48.0 Å². The number of nitrogens with two attached hydrogens (primary N) is 1. The summed E-state index contributed by atoms with van der Waals surface area (Å²) in [5.74, 6) is 0.327. The monoisotopic (exact) mass is 353 g/mol. The van der Waals surface area contributed by atoms with Crippen LogP contribution in [-0.2, 0) is 14.4 Å². The summed E-state index contributed by atoms with van der Waals surface area (Å²) in [6.45, 7) is 3.08. The van der Waals surface area contributed by atoms with E-state index in [9.17, 15) is 14.4 Å². The number of hydrogen-bond donors (Lipinski definition) is 2. The van der Waals surface area contributed by atoms with Crippen molar-refractivity contribution in [2.75, 3.05) is 25.4 Å². The van der Waals surface area contributed by atoms with E-state index in [1.54, 1.807) is 6.92 Å². The molecule has 1 aliphatic heterocycles. The second kappa shape index (κ2) is 9.22. The molecule has 3 N–H and O–H groups in total. The van der Waals surface area contributed by atoms with Gasteiger partial charge < -0.3 is 11.1 Å². The molecule has 0 radical (unpaired) electrons. The molecule has 1 aliphatic carbocycles. The molecular formula is C17H27N3O3S. The Hall–Kier alpha value is -1.34. The van der Waals surface area contributed by atoms with Gasteiger partial charge in [0, 0.05) is 37.4 Å². The largest absolute Gasteiger partial charge is 0.355 e. The van der Waals surface area contributed by atoms with Crippen molar-refractivity contribution in [3.63, 3.8) is 0 Å². The van der Waals surface area contributed by atoms with Crippen LogP contribution >= 0.6 is 11.8 Å². The first kappa shape index (κ1) is 19.0. The molecular weight excluding hydrogens is 326 g/mol. The lowest BCUT2D eigenvalue weighted by atomic mass is 9.89. The Morgan fingerprint density at radius 3 is 2.75 bits per heavy atom. The standard InChI is InChI=1S/C17H27N3O3S/c1-12(10-18)16(22)19-7-8-24-14-9-15(21)20(17(14)23)11-13-5-3-2-4-6-13/h9,12-13H,2-8,10-11,18H2,1H3,(H,19,22). The number of carbonyl (C=O) groups is 3. The molecule has 1 unspecified atom stereocenters. The van der Waals surface area contributed by atoms with Crippen molar-refractivity contribution in [2.45, 2.75) is 39.0 Å². The first-order valence-corrected chi connectivity index (χ1v) is 9.69. The van der Waals surface area contributed by atoms with Crippen molar-refractivity contribution in [2.24, 2.45) is 17.6 Å². The van der Waals surface area contributed by atoms with Crippen molar-refractivity contribution in [3.05, 3.63) is 11.0 Å². The van der Waals surface area contributed by atoms with Gasteiger partial charge in [-0.2, -0.15) is 0 Å². The van der Waals surface area contributed by atoms with Gasteiger partial charge in [0.15, 0.2) is 0 Å². The Balaban J connectivity index is 1.74. The van der Waals surface area contributed by atoms with E-state index in [0.29, 0.717) is 36.2 Å². The molecule has 0 aromatic heterocycles. The van der Waals surface area contributed by atoms with E-state index < -0.39 is 0 Å². The average molecular weight is 353 g/mol. The highest BCUT2D eigenvalue weighted by atomic mass is 32.2. The van der Waals surface area contributed by atoms with Crippen molar-refractivity contribution < 1.29 is 14.4 Å². The highest BCUT2D eigenvalue weighted by Crippen LogP contribution is 2.29. The number of imide groups is 1. The maximum atomic E-state index is 12.4. The first-order chi connectivity index (χ1) is 11.5. The Labute approximate surface area is 147 Å². The van der Waals surface area contributed by atoms with Crippen molar-refractivity contribution in [3.8, 4) is 0 Å². The number of hydrogen-bond acceptors (Lipinski definition) is 5. The SMILES string of the molecule is CC(CN)C(=O)NCCSC1=CC(=O)N(CC2CCCCC2)C1=O. The maximum Gasteiger partial charge on any atom is 0.267 e. The molecule has 2 aliphatic rings. The van der Waals surface area contributed by atoms with Crippen LogP contribution < -0.4 is 11.1 Å². The number of thioether (sulfide) groups is 1. The second-order valence-corrected chi connectivity index (χ2v) is 7.68. The highest BCUT2D eigenvalue weighted by Gasteiger charge is 2.33. The van der Waals surface area contributed by atoms with Gasteiger partial charge in [0.25, 0.3) is 11.8 Å². The topological polar surface area (TPSA) is 92.5 Å². The molecule has 0 saturated heterocycles.